The Labute approximate surface area is 194 Å². The summed E-state index contributed by atoms with van der Waals surface area (Å²) in [5.74, 6) is 0.307. The molecule has 0 spiro atoms. The number of aromatic nitrogens is 2. The maximum Gasteiger partial charge on any atom is 0.411 e. The normalized spacial score (nSPS) is 13.9. The van der Waals surface area contributed by atoms with Crippen molar-refractivity contribution in [1.82, 2.24) is 10.2 Å². The summed E-state index contributed by atoms with van der Waals surface area (Å²) in [6.45, 7) is 11.0. The van der Waals surface area contributed by atoms with Crippen LogP contribution in [0.15, 0.2) is 52.9 Å². The molecule has 184 valence electrons. The van der Waals surface area contributed by atoms with Crippen LogP contribution in [0, 0.1) is 0 Å². The van der Waals surface area contributed by atoms with Gasteiger partial charge < -0.3 is 4.42 Å². The minimum atomic E-state index is -5.65. The second kappa shape index (κ2) is 8.13. The molecule has 0 saturated heterocycles. The molecule has 0 radical (unpaired) electrons. The first-order chi connectivity index (χ1) is 15.4. The average Bonchev–Trinajstić information content (AvgIpc) is 3.17. The predicted molar refractivity (Wildman–Crippen MR) is 116 cm³/mol. The minimum absolute atomic E-state index is 0.00984. The summed E-state index contributed by atoms with van der Waals surface area (Å²) in [7, 11) is 0. The molecule has 34 heavy (non-hydrogen) atoms. The topological polar surface area (TPSA) is 38.9 Å². The van der Waals surface area contributed by atoms with Gasteiger partial charge in [0.05, 0.1) is 0 Å². The molecule has 9 heteroatoms. The molecule has 1 heterocycles. The van der Waals surface area contributed by atoms with Gasteiger partial charge in [0.2, 0.25) is 17.2 Å². The lowest BCUT2D eigenvalue weighted by molar-refractivity contribution is -0.288. The molecule has 0 unspecified atom stereocenters. The number of hydrogen-bond acceptors (Lipinski definition) is 3. The third kappa shape index (κ3) is 4.44. The van der Waals surface area contributed by atoms with E-state index in [0.29, 0.717) is 11.5 Å². The first kappa shape index (κ1) is 25.8. The minimum Gasteiger partial charge on any atom is -0.420 e. The van der Waals surface area contributed by atoms with Gasteiger partial charge >= 0.3 is 12.4 Å². The molecular formula is C25H26F6N2O. The zero-order chi connectivity index (χ0) is 25.7. The Balaban J connectivity index is 2.17. The molecule has 0 fully saturated rings. The van der Waals surface area contributed by atoms with Gasteiger partial charge in [-0.3, -0.25) is 0 Å². The molecule has 0 aliphatic heterocycles. The van der Waals surface area contributed by atoms with Crippen molar-refractivity contribution in [2.24, 2.45) is 0 Å². The lowest BCUT2D eigenvalue weighted by Gasteiger charge is -2.38. The SMILES string of the molecule is CC(C)(C)c1ccc(C(c2ccc(-c3nnc(C(C)(C)C)o3)cc2)(C(F)(F)F)C(F)(F)F)cc1. The van der Waals surface area contributed by atoms with E-state index >= 15 is 0 Å². The fourth-order valence-corrected chi connectivity index (χ4v) is 3.71. The molecule has 2 aromatic carbocycles. The van der Waals surface area contributed by atoms with Gasteiger partial charge in [-0.05, 0) is 34.2 Å². The van der Waals surface area contributed by atoms with Crippen molar-refractivity contribution < 1.29 is 30.8 Å². The van der Waals surface area contributed by atoms with Crippen molar-refractivity contribution in [3.8, 4) is 11.5 Å². The molecule has 0 saturated carbocycles. The van der Waals surface area contributed by atoms with Crippen molar-refractivity contribution in [3.63, 3.8) is 0 Å². The van der Waals surface area contributed by atoms with Crippen LogP contribution >= 0.6 is 0 Å². The largest absolute Gasteiger partial charge is 0.420 e. The summed E-state index contributed by atoms with van der Waals surface area (Å²) in [5, 5.41) is 7.78. The van der Waals surface area contributed by atoms with Crippen LogP contribution in [0.1, 0.15) is 64.1 Å². The Morgan fingerprint density at radius 2 is 0.971 bits per heavy atom. The fraction of sp³-hybridized carbons (Fsp3) is 0.440. The van der Waals surface area contributed by atoms with E-state index in [2.05, 4.69) is 10.2 Å². The molecular weight excluding hydrogens is 458 g/mol. The summed E-state index contributed by atoms with van der Waals surface area (Å²) in [6, 6.07) is 8.32. The van der Waals surface area contributed by atoms with Crippen LogP contribution in [0.5, 0.6) is 0 Å². The van der Waals surface area contributed by atoms with Crippen LogP contribution in [0.2, 0.25) is 0 Å². The molecule has 3 nitrogen and oxygen atoms in total. The Morgan fingerprint density at radius 3 is 1.32 bits per heavy atom. The van der Waals surface area contributed by atoms with Crippen LogP contribution in [0.4, 0.5) is 26.3 Å². The Morgan fingerprint density at radius 1 is 0.559 bits per heavy atom. The van der Waals surface area contributed by atoms with E-state index in [-0.39, 0.29) is 11.5 Å². The molecule has 3 aromatic rings. The zero-order valence-electron chi connectivity index (χ0n) is 19.7. The van der Waals surface area contributed by atoms with Crippen molar-refractivity contribution in [2.75, 3.05) is 0 Å². The monoisotopic (exact) mass is 484 g/mol. The predicted octanol–water partition coefficient (Wildman–Crippen LogP) is 7.74. The Bertz CT molecular complexity index is 1110. The summed E-state index contributed by atoms with van der Waals surface area (Å²) in [5.41, 5.74) is -6.12. The van der Waals surface area contributed by atoms with Gasteiger partial charge in [0, 0.05) is 11.0 Å². The third-order valence-corrected chi connectivity index (χ3v) is 5.67. The number of rotatable bonds is 3. The third-order valence-electron chi connectivity index (χ3n) is 5.67. The van der Waals surface area contributed by atoms with Crippen molar-refractivity contribution >= 4 is 0 Å². The van der Waals surface area contributed by atoms with E-state index in [4.69, 9.17) is 4.42 Å². The number of hydrogen-bond donors (Lipinski definition) is 0. The lowest BCUT2D eigenvalue weighted by atomic mass is 9.72. The molecule has 0 amide bonds. The molecule has 0 N–H and O–H groups in total. The first-order valence-corrected chi connectivity index (χ1v) is 10.6. The average molecular weight is 484 g/mol. The smallest absolute Gasteiger partial charge is 0.411 e. The van der Waals surface area contributed by atoms with Gasteiger partial charge in [0.1, 0.15) is 0 Å². The molecule has 1 aromatic heterocycles. The highest BCUT2D eigenvalue weighted by Crippen LogP contribution is 2.56. The number of alkyl halides is 6. The highest BCUT2D eigenvalue weighted by atomic mass is 19.4. The lowest BCUT2D eigenvalue weighted by Crippen LogP contribution is -2.54. The Kier molecular flexibility index (Phi) is 6.16. The van der Waals surface area contributed by atoms with E-state index < -0.39 is 39.7 Å². The van der Waals surface area contributed by atoms with Crippen molar-refractivity contribution in [1.29, 1.82) is 0 Å². The molecule has 0 aliphatic carbocycles. The van der Waals surface area contributed by atoms with Gasteiger partial charge in [0.15, 0.2) is 0 Å². The van der Waals surface area contributed by atoms with E-state index in [9.17, 15) is 26.3 Å². The second-order valence-corrected chi connectivity index (χ2v) is 10.3. The van der Waals surface area contributed by atoms with Crippen LogP contribution in [0.3, 0.4) is 0 Å². The van der Waals surface area contributed by atoms with E-state index in [0.717, 1.165) is 36.4 Å². The van der Waals surface area contributed by atoms with Gasteiger partial charge in [-0.25, -0.2) is 0 Å². The maximum absolute atomic E-state index is 14.4. The molecule has 3 rings (SSSR count). The quantitative estimate of drug-likeness (QED) is 0.357. The van der Waals surface area contributed by atoms with Crippen LogP contribution < -0.4 is 0 Å². The summed E-state index contributed by atoms with van der Waals surface area (Å²) >= 11 is 0. The van der Waals surface area contributed by atoms with Crippen LogP contribution in [-0.2, 0) is 16.2 Å². The highest BCUT2D eigenvalue weighted by molar-refractivity contribution is 5.56. The fourth-order valence-electron chi connectivity index (χ4n) is 3.71. The van der Waals surface area contributed by atoms with Gasteiger partial charge in [-0.15, -0.1) is 10.2 Å². The summed E-state index contributed by atoms with van der Waals surface area (Å²) < 4.78 is 91.8. The van der Waals surface area contributed by atoms with E-state index in [1.54, 1.807) is 0 Å². The van der Waals surface area contributed by atoms with Gasteiger partial charge in [-0.1, -0.05) is 77.9 Å². The first-order valence-electron chi connectivity index (χ1n) is 10.6. The van der Waals surface area contributed by atoms with Crippen molar-refractivity contribution in [3.05, 3.63) is 71.1 Å². The van der Waals surface area contributed by atoms with Crippen LogP contribution in [0.25, 0.3) is 11.5 Å². The second-order valence-electron chi connectivity index (χ2n) is 10.3. The number of nitrogens with zero attached hydrogens (tertiary/aromatic N) is 2. The molecule has 0 atom stereocenters. The van der Waals surface area contributed by atoms with Crippen molar-refractivity contribution in [2.45, 2.75) is 70.1 Å². The van der Waals surface area contributed by atoms with Crippen LogP contribution in [-0.4, -0.2) is 22.5 Å². The standard InChI is InChI=1S/C25H26F6N2O/c1-21(2,3)16-11-13-18(14-12-16)23(24(26,27)28,25(29,30)31)17-9-7-15(8-10-17)19-32-33-20(34-19)22(4,5)6/h7-14H,1-6H3. The Hall–Kier alpha value is -2.84. The molecule has 0 bridgehead atoms. The molecule has 0 aliphatic rings. The van der Waals surface area contributed by atoms with E-state index in [1.807, 2.05) is 41.5 Å². The van der Waals surface area contributed by atoms with Gasteiger partial charge in [-0.2, -0.15) is 26.3 Å². The number of halogens is 6. The maximum atomic E-state index is 14.4. The summed E-state index contributed by atoms with van der Waals surface area (Å²) in [4.78, 5) is 0. The van der Waals surface area contributed by atoms with E-state index in [1.165, 1.54) is 12.1 Å². The zero-order valence-corrected chi connectivity index (χ0v) is 19.7. The van der Waals surface area contributed by atoms with Gasteiger partial charge in [0.25, 0.3) is 0 Å². The highest BCUT2D eigenvalue weighted by Gasteiger charge is 2.72. The number of benzene rings is 2. The summed E-state index contributed by atoms with van der Waals surface area (Å²) in [6.07, 6.45) is -11.3.